The SMILES string of the molecule is Cc1c([C@@H]2CNCC[C@H]2O)ccc2c1COC2=O. The van der Waals surface area contributed by atoms with Gasteiger partial charge in [0.15, 0.2) is 0 Å². The van der Waals surface area contributed by atoms with Crippen molar-refractivity contribution in [3.8, 4) is 0 Å². The molecule has 0 aromatic heterocycles. The summed E-state index contributed by atoms with van der Waals surface area (Å²) >= 11 is 0. The van der Waals surface area contributed by atoms with Crippen molar-refractivity contribution in [1.82, 2.24) is 5.32 Å². The van der Waals surface area contributed by atoms with Crippen LogP contribution in [0.2, 0.25) is 0 Å². The van der Waals surface area contributed by atoms with Crippen LogP contribution in [-0.2, 0) is 11.3 Å². The number of aliphatic hydroxyl groups excluding tert-OH is 1. The Morgan fingerprint density at radius 3 is 3.06 bits per heavy atom. The molecule has 1 fully saturated rings. The van der Waals surface area contributed by atoms with Gasteiger partial charge in [-0.25, -0.2) is 4.79 Å². The number of piperidine rings is 1. The minimum atomic E-state index is -0.305. The Morgan fingerprint density at radius 2 is 2.28 bits per heavy atom. The standard InChI is InChI=1S/C14H17NO3/c1-8-9(11-6-15-5-4-13(11)16)2-3-10-12(8)7-18-14(10)17/h2-3,11,13,15-16H,4-7H2,1H3/t11-,13+/m0/s1. The van der Waals surface area contributed by atoms with E-state index in [4.69, 9.17) is 4.74 Å². The van der Waals surface area contributed by atoms with Crippen LogP contribution in [-0.4, -0.2) is 30.3 Å². The normalized spacial score (nSPS) is 26.9. The molecule has 96 valence electrons. The number of ether oxygens (including phenoxy) is 1. The number of hydrogen-bond acceptors (Lipinski definition) is 4. The number of nitrogens with one attached hydrogen (secondary N) is 1. The van der Waals surface area contributed by atoms with Gasteiger partial charge in [-0.05, 0) is 37.1 Å². The van der Waals surface area contributed by atoms with Crippen molar-refractivity contribution in [2.45, 2.75) is 32.0 Å². The van der Waals surface area contributed by atoms with Gasteiger partial charge >= 0.3 is 5.97 Å². The summed E-state index contributed by atoms with van der Waals surface area (Å²) in [6.45, 7) is 4.03. The zero-order chi connectivity index (χ0) is 12.7. The van der Waals surface area contributed by atoms with E-state index in [0.717, 1.165) is 36.2 Å². The van der Waals surface area contributed by atoms with Gasteiger partial charge in [-0.3, -0.25) is 0 Å². The van der Waals surface area contributed by atoms with E-state index in [1.54, 1.807) is 0 Å². The molecule has 0 aliphatic carbocycles. The summed E-state index contributed by atoms with van der Waals surface area (Å²) in [7, 11) is 0. The van der Waals surface area contributed by atoms with Gasteiger partial charge in [-0.15, -0.1) is 0 Å². The lowest BCUT2D eigenvalue weighted by molar-refractivity contribution is 0.0534. The molecular weight excluding hydrogens is 230 g/mol. The molecule has 2 heterocycles. The maximum Gasteiger partial charge on any atom is 0.338 e. The Morgan fingerprint density at radius 1 is 1.44 bits per heavy atom. The second kappa shape index (κ2) is 4.37. The van der Waals surface area contributed by atoms with E-state index in [1.165, 1.54) is 0 Å². The number of carbonyl (C=O) groups excluding carboxylic acids is 1. The van der Waals surface area contributed by atoms with Gasteiger partial charge in [0.2, 0.25) is 0 Å². The van der Waals surface area contributed by atoms with Crippen molar-refractivity contribution in [2.75, 3.05) is 13.1 Å². The van der Waals surface area contributed by atoms with E-state index in [9.17, 15) is 9.90 Å². The third-order valence-electron chi connectivity index (χ3n) is 4.05. The molecule has 18 heavy (non-hydrogen) atoms. The van der Waals surface area contributed by atoms with Crippen LogP contribution in [0.15, 0.2) is 12.1 Å². The van der Waals surface area contributed by atoms with Gasteiger partial charge < -0.3 is 15.2 Å². The fraction of sp³-hybridized carbons (Fsp3) is 0.500. The number of cyclic esters (lactones) is 1. The first-order chi connectivity index (χ1) is 8.68. The van der Waals surface area contributed by atoms with Crippen molar-refractivity contribution < 1.29 is 14.6 Å². The molecule has 4 nitrogen and oxygen atoms in total. The maximum absolute atomic E-state index is 11.5. The first kappa shape index (κ1) is 11.7. The highest BCUT2D eigenvalue weighted by Crippen LogP contribution is 2.32. The zero-order valence-corrected chi connectivity index (χ0v) is 10.4. The molecule has 2 aliphatic heterocycles. The molecule has 0 unspecified atom stereocenters. The first-order valence-corrected chi connectivity index (χ1v) is 6.36. The second-order valence-electron chi connectivity index (χ2n) is 5.05. The van der Waals surface area contributed by atoms with Crippen molar-refractivity contribution in [1.29, 1.82) is 0 Å². The van der Waals surface area contributed by atoms with E-state index in [1.807, 2.05) is 19.1 Å². The van der Waals surface area contributed by atoms with E-state index >= 15 is 0 Å². The average molecular weight is 247 g/mol. The summed E-state index contributed by atoms with van der Waals surface area (Å²) in [6.07, 6.45) is 0.470. The molecule has 0 spiro atoms. The van der Waals surface area contributed by atoms with Gasteiger partial charge in [0.25, 0.3) is 0 Å². The molecule has 1 saturated heterocycles. The molecule has 3 rings (SSSR count). The fourth-order valence-electron chi connectivity index (χ4n) is 2.93. The third kappa shape index (κ3) is 1.72. The van der Waals surface area contributed by atoms with Crippen LogP contribution in [0.3, 0.4) is 0 Å². The van der Waals surface area contributed by atoms with Crippen LogP contribution in [0.4, 0.5) is 0 Å². The highest BCUT2D eigenvalue weighted by atomic mass is 16.5. The molecule has 4 heteroatoms. The van der Waals surface area contributed by atoms with Gasteiger partial charge in [0.1, 0.15) is 6.61 Å². The highest BCUT2D eigenvalue weighted by Gasteiger charge is 2.30. The van der Waals surface area contributed by atoms with E-state index in [0.29, 0.717) is 12.2 Å². The molecule has 1 aromatic carbocycles. The third-order valence-corrected chi connectivity index (χ3v) is 4.05. The highest BCUT2D eigenvalue weighted by molar-refractivity contribution is 5.94. The number of rotatable bonds is 1. The Kier molecular flexibility index (Phi) is 2.84. The predicted octanol–water partition coefficient (Wildman–Crippen LogP) is 1.10. The van der Waals surface area contributed by atoms with Crippen LogP contribution in [0.25, 0.3) is 0 Å². The first-order valence-electron chi connectivity index (χ1n) is 6.36. The summed E-state index contributed by atoms with van der Waals surface area (Å²) in [6, 6.07) is 3.79. The van der Waals surface area contributed by atoms with Crippen molar-refractivity contribution in [3.63, 3.8) is 0 Å². The molecule has 1 aromatic rings. The second-order valence-corrected chi connectivity index (χ2v) is 5.05. The molecule has 2 N–H and O–H groups in total. The predicted molar refractivity (Wildman–Crippen MR) is 66.5 cm³/mol. The number of fused-ring (bicyclic) bond motifs is 1. The number of aliphatic hydroxyl groups is 1. The minimum absolute atomic E-state index is 0.111. The molecule has 0 amide bonds. The van der Waals surface area contributed by atoms with Crippen LogP contribution in [0.1, 0.15) is 39.4 Å². The van der Waals surface area contributed by atoms with Crippen LogP contribution in [0.5, 0.6) is 0 Å². The van der Waals surface area contributed by atoms with Gasteiger partial charge in [0.05, 0.1) is 11.7 Å². The molecule has 2 aliphatic rings. The molecular formula is C14H17NO3. The molecule has 0 radical (unpaired) electrons. The van der Waals surface area contributed by atoms with Crippen LogP contribution in [0, 0.1) is 6.92 Å². The number of benzene rings is 1. The average Bonchev–Trinajstić information content (AvgIpc) is 2.74. The van der Waals surface area contributed by atoms with Crippen molar-refractivity contribution in [2.24, 2.45) is 0 Å². The molecule has 2 atom stereocenters. The zero-order valence-electron chi connectivity index (χ0n) is 10.4. The quantitative estimate of drug-likeness (QED) is 0.730. The maximum atomic E-state index is 11.5. The molecule has 0 saturated carbocycles. The number of esters is 1. The van der Waals surface area contributed by atoms with Crippen LogP contribution >= 0.6 is 0 Å². The number of carbonyl (C=O) groups is 1. The summed E-state index contributed by atoms with van der Waals surface area (Å²) < 4.78 is 5.06. The summed E-state index contributed by atoms with van der Waals surface area (Å²) in [4.78, 5) is 11.5. The topological polar surface area (TPSA) is 58.6 Å². The van der Waals surface area contributed by atoms with Gasteiger partial charge in [-0.1, -0.05) is 6.07 Å². The minimum Gasteiger partial charge on any atom is -0.457 e. The van der Waals surface area contributed by atoms with E-state index in [2.05, 4.69) is 5.32 Å². The fourth-order valence-corrected chi connectivity index (χ4v) is 2.93. The lowest BCUT2D eigenvalue weighted by atomic mass is 9.84. The van der Waals surface area contributed by atoms with Crippen molar-refractivity contribution >= 4 is 5.97 Å². The number of hydrogen-bond donors (Lipinski definition) is 2. The lowest BCUT2D eigenvalue weighted by Crippen LogP contribution is -2.38. The Hall–Kier alpha value is -1.39. The molecule has 0 bridgehead atoms. The van der Waals surface area contributed by atoms with E-state index in [-0.39, 0.29) is 18.0 Å². The lowest BCUT2D eigenvalue weighted by Gasteiger charge is -2.30. The Balaban J connectivity index is 2.01. The summed E-state index contributed by atoms with van der Waals surface area (Å²) in [5.41, 5.74) is 3.88. The van der Waals surface area contributed by atoms with Gasteiger partial charge in [0, 0.05) is 18.0 Å². The summed E-state index contributed by atoms with van der Waals surface area (Å²) in [5.74, 6) is -0.123. The Bertz CT molecular complexity index is 498. The van der Waals surface area contributed by atoms with E-state index < -0.39 is 0 Å². The Labute approximate surface area is 106 Å². The van der Waals surface area contributed by atoms with Crippen molar-refractivity contribution in [3.05, 3.63) is 34.4 Å². The largest absolute Gasteiger partial charge is 0.457 e. The monoisotopic (exact) mass is 247 g/mol. The summed E-state index contributed by atoms with van der Waals surface area (Å²) in [5, 5.41) is 13.4. The van der Waals surface area contributed by atoms with Gasteiger partial charge in [-0.2, -0.15) is 0 Å². The van der Waals surface area contributed by atoms with Crippen LogP contribution < -0.4 is 5.32 Å². The smallest absolute Gasteiger partial charge is 0.338 e.